The minimum absolute atomic E-state index is 0.00160. The molecule has 1 aromatic carbocycles. The van der Waals surface area contributed by atoms with Gasteiger partial charge in [0.05, 0.1) is 19.1 Å². The van der Waals surface area contributed by atoms with E-state index in [1.165, 1.54) is 10.4 Å². The third-order valence-electron chi connectivity index (χ3n) is 3.71. The molecule has 0 fully saturated rings. The van der Waals surface area contributed by atoms with Crippen molar-refractivity contribution in [3.8, 4) is 11.5 Å². The van der Waals surface area contributed by atoms with E-state index in [0.717, 1.165) is 23.3 Å². The van der Waals surface area contributed by atoms with Crippen LogP contribution in [-0.4, -0.2) is 26.7 Å². The molecule has 0 bridgehead atoms. The van der Waals surface area contributed by atoms with E-state index in [9.17, 15) is 4.79 Å². The molecule has 0 saturated heterocycles. The highest BCUT2D eigenvalue weighted by Gasteiger charge is 2.11. The number of aryl methyl sites for hydroxylation is 2. The molecule has 23 heavy (non-hydrogen) atoms. The Morgan fingerprint density at radius 1 is 1.17 bits per heavy atom. The van der Waals surface area contributed by atoms with Crippen LogP contribution in [0.4, 0.5) is 0 Å². The number of carbonyl (C=O) groups is 1. The topological polar surface area (TPSA) is 47.6 Å². The number of benzene rings is 1. The van der Waals surface area contributed by atoms with Crippen LogP contribution in [0.3, 0.4) is 0 Å². The number of thiophene rings is 1. The van der Waals surface area contributed by atoms with E-state index < -0.39 is 0 Å². The molecule has 0 aliphatic rings. The van der Waals surface area contributed by atoms with Crippen LogP contribution in [0.15, 0.2) is 24.3 Å². The molecule has 0 radical (unpaired) electrons. The maximum Gasteiger partial charge on any atom is 0.261 e. The standard InChI is InChI=1S/C18H23NO3S/c1-5-16-12(2)10-17(23-16)18(20)19-9-8-13-6-7-14(21-3)15(11-13)22-4/h6-7,10-11H,5,8-9H2,1-4H3,(H,19,20). The Kier molecular flexibility index (Phi) is 6.04. The highest BCUT2D eigenvalue weighted by molar-refractivity contribution is 7.14. The smallest absolute Gasteiger partial charge is 0.261 e. The van der Waals surface area contributed by atoms with Gasteiger partial charge in [-0.1, -0.05) is 13.0 Å². The summed E-state index contributed by atoms with van der Waals surface area (Å²) in [6, 6.07) is 7.77. The fraction of sp³-hybridized carbons (Fsp3) is 0.389. The normalized spacial score (nSPS) is 10.4. The number of hydrogen-bond donors (Lipinski definition) is 1. The first-order valence-electron chi connectivity index (χ1n) is 7.67. The number of nitrogens with one attached hydrogen (secondary N) is 1. The van der Waals surface area contributed by atoms with Gasteiger partial charge < -0.3 is 14.8 Å². The number of ether oxygens (including phenoxy) is 2. The molecule has 4 nitrogen and oxygen atoms in total. The third-order valence-corrected chi connectivity index (χ3v) is 5.09. The first kappa shape index (κ1) is 17.3. The minimum atomic E-state index is -0.00160. The predicted molar refractivity (Wildman–Crippen MR) is 94.0 cm³/mol. The van der Waals surface area contributed by atoms with Gasteiger partial charge in [-0.15, -0.1) is 11.3 Å². The quantitative estimate of drug-likeness (QED) is 0.842. The fourth-order valence-corrected chi connectivity index (χ4v) is 3.46. The van der Waals surface area contributed by atoms with Gasteiger partial charge in [0.25, 0.3) is 5.91 Å². The third kappa shape index (κ3) is 4.26. The summed E-state index contributed by atoms with van der Waals surface area (Å²) < 4.78 is 10.5. The number of rotatable bonds is 7. The Morgan fingerprint density at radius 2 is 1.91 bits per heavy atom. The lowest BCUT2D eigenvalue weighted by atomic mass is 10.1. The molecule has 0 aliphatic heterocycles. The molecule has 1 amide bonds. The van der Waals surface area contributed by atoms with Crippen LogP contribution in [-0.2, 0) is 12.8 Å². The number of methoxy groups -OCH3 is 2. The minimum Gasteiger partial charge on any atom is -0.493 e. The molecule has 1 heterocycles. The highest BCUT2D eigenvalue weighted by Crippen LogP contribution is 2.27. The molecule has 1 N–H and O–H groups in total. The van der Waals surface area contributed by atoms with Crippen LogP contribution in [0, 0.1) is 6.92 Å². The molecular formula is C18H23NO3S. The van der Waals surface area contributed by atoms with Gasteiger partial charge in [0.2, 0.25) is 0 Å². The van der Waals surface area contributed by atoms with Gasteiger partial charge >= 0.3 is 0 Å². The molecular weight excluding hydrogens is 310 g/mol. The van der Waals surface area contributed by atoms with Crippen molar-refractivity contribution in [3.63, 3.8) is 0 Å². The second kappa shape index (κ2) is 8.02. The zero-order chi connectivity index (χ0) is 16.8. The lowest BCUT2D eigenvalue weighted by molar-refractivity contribution is 0.0958. The Bertz CT molecular complexity index is 679. The Morgan fingerprint density at radius 3 is 2.52 bits per heavy atom. The first-order valence-corrected chi connectivity index (χ1v) is 8.49. The van der Waals surface area contributed by atoms with Crippen molar-refractivity contribution in [2.24, 2.45) is 0 Å². The van der Waals surface area contributed by atoms with E-state index in [1.807, 2.05) is 24.3 Å². The number of amides is 1. The van der Waals surface area contributed by atoms with Crippen molar-refractivity contribution < 1.29 is 14.3 Å². The van der Waals surface area contributed by atoms with Gasteiger partial charge in [-0.3, -0.25) is 4.79 Å². The summed E-state index contributed by atoms with van der Waals surface area (Å²) in [6.07, 6.45) is 1.71. The second-order valence-corrected chi connectivity index (χ2v) is 6.40. The number of carbonyl (C=O) groups excluding carboxylic acids is 1. The molecule has 2 aromatic rings. The largest absolute Gasteiger partial charge is 0.493 e. The van der Waals surface area contributed by atoms with E-state index in [1.54, 1.807) is 25.6 Å². The summed E-state index contributed by atoms with van der Waals surface area (Å²) in [5, 5.41) is 2.98. The zero-order valence-electron chi connectivity index (χ0n) is 14.1. The van der Waals surface area contributed by atoms with Crippen molar-refractivity contribution in [1.29, 1.82) is 0 Å². The Balaban J connectivity index is 1.92. The summed E-state index contributed by atoms with van der Waals surface area (Å²) in [7, 11) is 3.24. The van der Waals surface area contributed by atoms with Gasteiger partial charge in [-0.25, -0.2) is 0 Å². The van der Waals surface area contributed by atoms with Crippen LogP contribution >= 0.6 is 11.3 Å². The second-order valence-electron chi connectivity index (χ2n) is 5.27. The Labute approximate surface area is 141 Å². The SMILES string of the molecule is CCc1sc(C(=O)NCCc2ccc(OC)c(OC)c2)cc1C. The summed E-state index contributed by atoms with van der Waals surface area (Å²) in [4.78, 5) is 14.3. The Hall–Kier alpha value is -2.01. The maximum absolute atomic E-state index is 12.2. The summed E-state index contributed by atoms with van der Waals surface area (Å²) in [6.45, 7) is 4.75. The van der Waals surface area contributed by atoms with Crippen LogP contribution < -0.4 is 14.8 Å². The average Bonchev–Trinajstić information content (AvgIpc) is 2.95. The average molecular weight is 333 g/mol. The first-order chi connectivity index (χ1) is 11.1. The molecule has 124 valence electrons. The van der Waals surface area contributed by atoms with E-state index >= 15 is 0 Å². The van der Waals surface area contributed by atoms with Gasteiger partial charge in [0.15, 0.2) is 11.5 Å². The van der Waals surface area contributed by atoms with Crippen LogP contribution in [0.25, 0.3) is 0 Å². The molecule has 0 unspecified atom stereocenters. The maximum atomic E-state index is 12.2. The lowest BCUT2D eigenvalue weighted by Gasteiger charge is -2.10. The van der Waals surface area contributed by atoms with E-state index in [0.29, 0.717) is 18.0 Å². The van der Waals surface area contributed by atoms with Crippen molar-refractivity contribution >= 4 is 17.2 Å². The van der Waals surface area contributed by atoms with Gasteiger partial charge in [0.1, 0.15) is 0 Å². The molecule has 0 spiro atoms. The monoisotopic (exact) mass is 333 g/mol. The summed E-state index contributed by atoms with van der Waals surface area (Å²) in [5.74, 6) is 1.41. The van der Waals surface area contributed by atoms with E-state index in [-0.39, 0.29) is 5.91 Å². The zero-order valence-corrected chi connectivity index (χ0v) is 14.9. The highest BCUT2D eigenvalue weighted by atomic mass is 32.1. The summed E-state index contributed by atoms with van der Waals surface area (Å²) in [5.41, 5.74) is 2.29. The van der Waals surface area contributed by atoms with Gasteiger partial charge in [0, 0.05) is 11.4 Å². The molecule has 5 heteroatoms. The van der Waals surface area contributed by atoms with Crippen LogP contribution in [0.5, 0.6) is 11.5 Å². The van der Waals surface area contributed by atoms with E-state index in [4.69, 9.17) is 9.47 Å². The molecule has 0 aliphatic carbocycles. The molecule has 0 saturated carbocycles. The van der Waals surface area contributed by atoms with Crippen molar-refractivity contribution in [2.45, 2.75) is 26.7 Å². The van der Waals surface area contributed by atoms with Crippen molar-refractivity contribution in [3.05, 3.63) is 45.1 Å². The van der Waals surface area contributed by atoms with Crippen molar-refractivity contribution in [1.82, 2.24) is 5.32 Å². The van der Waals surface area contributed by atoms with Gasteiger partial charge in [-0.2, -0.15) is 0 Å². The summed E-state index contributed by atoms with van der Waals surface area (Å²) >= 11 is 1.58. The molecule has 1 aromatic heterocycles. The fourth-order valence-electron chi connectivity index (χ4n) is 2.43. The molecule has 0 atom stereocenters. The van der Waals surface area contributed by atoms with E-state index in [2.05, 4.69) is 19.2 Å². The van der Waals surface area contributed by atoms with Crippen LogP contribution in [0.1, 0.15) is 32.6 Å². The molecule has 2 rings (SSSR count). The number of hydrogen-bond acceptors (Lipinski definition) is 4. The van der Waals surface area contributed by atoms with Crippen LogP contribution in [0.2, 0.25) is 0 Å². The van der Waals surface area contributed by atoms with Crippen molar-refractivity contribution in [2.75, 3.05) is 20.8 Å². The van der Waals surface area contributed by atoms with Gasteiger partial charge in [-0.05, 0) is 49.1 Å². The predicted octanol–water partition coefficient (Wildman–Crippen LogP) is 3.61. The lowest BCUT2D eigenvalue weighted by Crippen LogP contribution is -2.24.